The van der Waals surface area contributed by atoms with Crippen LogP contribution in [0.1, 0.15) is 56.1 Å². The zero-order valence-electron chi connectivity index (χ0n) is 14.1. The molecule has 0 unspecified atom stereocenters. The molecule has 0 aliphatic heterocycles. The van der Waals surface area contributed by atoms with Crippen molar-refractivity contribution in [2.45, 2.75) is 64.8 Å². The summed E-state index contributed by atoms with van der Waals surface area (Å²) >= 11 is 0. The Morgan fingerprint density at radius 1 is 0.957 bits per heavy atom. The van der Waals surface area contributed by atoms with Crippen LogP contribution in [-0.2, 0) is 9.59 Å². The van der Waals surface area contributed by atoms with Gasteiger partial charge in [-0.05, 0) is 62.8 Å². The van der Waals surface area contributed by atoms with Crippen molar-refractivity contribution in [2.24, 2.45) is 5.41 Å². The van der Waals surface area contributed by atoms with Gasteiger partial charge < -0.3 is 10.6 Å². The van der Waals surface area contributed by atoms with Crippen LogP contribution in [0.25, 0.3) is 0 Å². The van der Waals surface area contributed by atoms with Crippen molar-refractivity contribution in [3.8, 4) is 0 Å². The molecular formula is C19H26N2O2. The van der Waals surface area contributed by atoms with E-state index >= 15 is 0 Å². The van der Waals surface area contributed by atoms with E-state index in [0.717, 1.165) is 29.7 Å². The van der Waals surface area contributed by atoms with Gasteiger partial charge in [0, 0.05) is 11.7 Å². The maximum atomic E-state index is 12.6. The summed E-state index contributed by atoms with van der Waals surface area (Å²) in [6.45, 7) is 4.01. The number of benzene rings is 1. The Bertz CT molecular complexity index is 594. The third kappa shape index (κ3) is 3.57. The third-order valence-electron chi connectivity index (χ3n) is 5.04. The lowest BCUT2D eigenvalue weighted by molar-refractivity contribution is -0.135. The number of hydrogen-bond acceptors (Lipinski definition) is 2. The number of anilines is 1. The van der Waals surface area contributed by atoms with Crippen molar-refractivity contribution in [2.75, 3.05) is 5.32 Å². The molecule has 1 aromatic carbocycles. The van der Waals surface area contributed by atoms with Crippen LogP contribution in [-0.4, -0.2) is 17.9 Å². The predicted octanol–water partition coefficient (Wildman–Crippen LogP) is 3.47. The second-order valence-electron chi connectivity index (χ2n) is 7.22. The molecular weight excluding hydrogens is 288 g/mol. The molecule has 4 heteroatoms. The van der Waals surface area contributed by atoms with Gasteiger partial charge in [0.1, 0.15) is 5.41 Å². The van der Waals surface area contributed by atoms with Crippen molar-refractivity contribution in [1.82, 2.24) is 5.32 Å². The van der Waals surface area contributed by atoms with Gasteiger partial charge in [0.15, 0.2) is 0 Å². The third-order valence-corrected chi connectivity index (χ3v) is 5.04. The van der Waals surface area contributed by atoms with Gasteiger partial charge in [-0.2, -0.15) is 0 Å². The van der Waals surface area contributed by atoms with Gasteiger partial charge in [0.2, 0.25) is 11.8 Å². The minimum Gasteiger partial charge on any atom is -0.352 e. The molecule has 2 saturated carbocycles. The van der Waals surface area contributed by atoms with Crippen LogP contribution in [0.3, 0.4) is 0 Å². The Labute approximate surface area is 138 Å². The predicted molar refractivity (Wildman–Crippen MR) is 91.2 cm³/mol. The summed E-state index contributed by atoms with van der Waals surface area (Å²) in [5, 5.41) is 6.06. The first-order valence-electron chi connectivity index (χ1n) is 8.70. The number of rotatable bonds is 4. The fourth-order valence-corrected chi connectivity index (χ4v) is 3.55. The Kier molecular flexibility index (Phi) is 4.42. The minimum atomic E-state index is -0.838. The molecule has 0 aromatic heterocycles. The molecule has 124 valence electrons. The number of carbonyl (C=O) groups excluding carboxylic acids is 2. The normalized spacial score (nSPS) is 19.9. The Morgan fingerprint density at radius 2 is 1.57 bits per heavy atom. The number of amides is 2. The summed E-state index contributed by atoms with van der Waals surface area (Å²) in [7, 11) is 0. The van der Waals surface area contributed by atoms with Crippen molar-refractivity contribution in [3.63, 3.8) is 0 Å². The molecule has 0 bridgehead atoms. The first kappa shape index (κ1) is 16.0. The van der Waals surface area contributed by atoms with Crippen molar-refractivity contribution in [1.29, 1.82) is 0 Å². The van der Waals surface area contributed by atoms with Gasteiger partial charge in [0.05, 0.1) is 0 Å². The van der Waals surface area contributed by atoms with Gasteiger partial charge in [-0.1, -0.05) is 25.3 Å². The summed E-state index contributed by atoms with van der Waals surface area (Å²) in [6.07, 6.45) is 7.00. The molecule has 0 spiro atoms. The molecule has 2 amide bonds. The summed E-state index contributed by atoms with van der Waals surface area (Å²) in [5.74, 6) is -0.234. The average Bonchev–Trinajstić information content (AvgIpc) is 3.29. The average molecular weight is 314 g/mol. The molecule has 0 saturated heterocycles. The quantitative estimate of drug-likeness (QED) is 0.836. The number of nitrogens with one attached hydrogen (secondary N) is 2. The topological polar surface area (TPSA) is 58.2 Å². The molecule has 2 aliphatic rings. The highest BCUT2D eigenvalue weighted by molar-refractivity contribution is 6.13. The monoisotopic (exact) mass is 314 g/mol. The van der Waals surface area contributed by atoms with Crippen LogP contribution in [0.2, 0.25) is 0 Å². The van der Waals surface area contributed by atoms with Crippen LogP contribution in [0.15, 0.2) is 18.2 Å². The molecule has 2 aliphatic carbocycles. The number of hydrogen-bond donors (Lipinski definition) is 2. The molecule has 0 radical (unpaired) electrons. The first-order chi connectivity index (χ1) is 11.0. The van der Waals surface area contributed by atoms with E-state index in [2.05, 4.69) is 16.7 Å². The maximum Gasteiger partial charge on any atom is 0.240 e. The minimum absolute atomic E-state index is 0.0775. The van der Waals surface area contributed by atoms with E-state index in [1.54, 1.807) is 0 Å². The van der Waals surface area contributed by atoms with Crippen LogP contribution < -0.4 is 10.6 Å². The van der Waals surface area contributed by atoms with Crippen LogP contribution in [0, 0.1) is 19.3 Å². The van der Waals surface area contributed by atoms with E-state index in [1.807, 2.05) is 26.0 Å². The van der Waals surface area contributed by atoms with Gasteiger partial charge in [0.25, 0.3) is 0 Å². The lowest BCUT2D eigenvalue weighted by atomic mass is 9.94. The summed E-state index contributed by atoms with van der Waals surface area (Å²) in [5.41, 5.74) is 2.16. The van der Waals surface area contributed by atoms with E-state index < -0.39 is 5.41 Å². The van der Waals surface area contributed by atoms with Crippen LogP contribution in [0.4, 0.5) is 5.69 Å². The molecule has 1 aromatic rings. The Balaban J connectivity index is 1.64. The highest BCUT2D eigenvalue weighted by Gasteiger charge is 2.56. The van der Waals surface area contributed by atoms with Gasteiger partial charge in [-0.25, -0.2) is 0 Å². The number of aryl methyl sites for hydroxylation is 2. The van der Waals surface area contributed by atoms with E-state index in [0.29, 0.717) is 12.8 Å². The SMILES string of the molecule is Cc1cc(C)cc(NC(=O)C2(C(=O)NC3CCCCC3)CC2)c1. The van der Waals surface area contributed by atoms with E-state index in [-0.39, 0.29) is 17.9 Å². The van der Waals surface area contributed by atoms with E-state index in [4.69, 9.17) is 0 Å². The lowest BCUT2D eigenvalue weighted by Gasteiger charge is -2.25. The molecule has 23 heavy (non-hydrogen) atoms. The molecule has 4 nitrogen and oxygen atoms in total. The van der Waals surface area contributed by atoms with Crippen molar-refractivity contribution < 1.29 is 9.59 Å². The van der Waals surface area contributed by atoms with Crippen LogP contribution in [0.5, 0.6) is 0 Å². The largest absolute Gasteiger partial charge is 0.352 e. The first-order valence-corrected chi connectivity index (χ1v) is 8.70. The Morgan fingerprint density at radius 3 is 2.13 bits per heavy atom. The smallest absolute Gasteiger partial charge is 0.240 e. The molecule has 0 atom stereocenters. The highest BCUT2D eigenvalue weighted by Crippen LogP contribution is 2.47. The molecule has 3 rings (SSSR count). The number of carbonyl (C=O) groups is 2. The zero-order chi connectivity index (χ0) is 16.4. The second kappa shape index (κ2) is 6.34. The summed E-state index contributed by atoms with van der Waals surface area (Å²) in [6, 6.07) is 6.21. The van der Waals surface area contributed by atoms with E-state index in [9.17, 15) is 9.59 Å². The van der Waals surface area contributed by atoms with E-state index in [1.165, 1.54) is 19.3 Å². The fraction of sp³-hybridized carbons (Fsp3) is 0.579. The molecule has 0 heterocycles. The zero-order valence-corrected chi connectivity index (χ0v) is 14.1. The molecule has 2 N–H and O–H groups in total. The fourth-order valence-electron chi connectivity index (χ4n) is 3.55. The Hall–Kier alpha value is -1.84. The van der Waals surface area contributed by atoms with Gasteiger partial charge in [-0.3, -0.25) is 9.59 Å². The summed E-state index contributed by atoms with van der Waals surface area (Å²) in [4.78, 5) is 25.2. The summed E-state index contributed by atoms with van der Waals surface area (Å²) < 4.78 is 0. The second-order valence-corrected chi connectivity index (χ2v) is 7.22. The molecule has 2 fully saturated rings. The van der Waals surface area contributed by atoms with Crippen LogP contribution >= 0.6 is 0 Å². The van der Waals surface area contributed by atoms with Crippen molar-refractivity contribution >= 4 is 17.5 Å². The lowest BCUT2D eigenvalue weighted by Crippen LogP contribution is -2.45. The highest BCUT2D eigenvalue weighted by atomic mass is 16.2. The maximum absolute atomic E-state index is 12.6. The standard InChI is InChI=1S/C19H26N2O2/c1-13-10-14(2)12-16(11-13)21-18(23)19(8-9-19)17(22)20-15-6-4-3-5-7-15/h10-12,15H,3-9H2,1-2H3,(H,20,22)(H,21,23). The van der Waals surface area contributed by atoms with Gasteiger partial charge in [-0.15, -0.1) is 0 Å². The van der Waals surface area contributed by atoms with Gasteiger partial charge >= 0.3 is 0 Å². The van der Waals surface area contributed by atoms with Crippen molar-refractivity contribution in [3.05, 3.63) is 29.3 Å².